The van der Waals surface area contributed by atoms with E-state index in [-0.39, 0.29) is 0 Å². The van der Waals surface area contributed by atoms with Gasteiger partial charge in [-0.2, -0.15) is 5.10 Å². The van der Waals surface area contributed by atoms with Gasteiger partial charge >= 0.3 is 0 Å². The maximum absolute atomic E-state index is 14.1. The average molecular weight is 284 g/mol. The number of hydrogen-bond acceptors (Lipinski definition) is 7. The monoisotopic (exact) mass is 284 g/mol. The second-order valence-corrected chi connectivity index (χ2v) is 4.39. The first kappa shape index (κ1) is 13.2. The van der Waals surface area contributed by atoms with Crippen LogP contribution < -0.4 is 4.74 Å². The fraction of sp³-hybridized carbons (Fsp3) is 0.545. The van der Waals surface area contributed by atoms with Crippen LogP contribution in [0, 0.1) is 0 Å². The zero-order valence-electron chi connectivity index (χ0n) is 10.5. The Hall–Kier alpha value is -1.84. The third-order valence-corrected chi connectivity index (χ3v) is 3.26. The molecule has 20 heavy (non-hydrogen) atoms. The summed E-state index contributed by atoms with van der Waals surface area (Å²) < 4.78 is 25.6. The number of methoxy groups -OCH3 is 1. The van der Waals surface area contributed by atoms with E-state index in [1.165, 1.54) is 24.3 Å². The Balaban J connectivity index is 2.03. The van der Waals surface area contributed by atoms with Crippen molar-refractivity contribution in [2.45, 2.75) is 24.6 Å². The number of nitrogens with zero attached hydrogens (tertiary/aromatic N) is 4. The van der Waals surface area contributed by atoms with Crippen molar-refractivity contribution in [3.63, 3.8) is 0 Å². The van der Waals surface area contributed by atoms with Crippen LogP contribution >= 0.6 is 0 Å². The van der Waals surface area contributed by atoms with E-state index >= 15 is 0 Å². The molecule has 1 aliphatic heterocycles. The minimum atomic E-state index is -1.71. The van der Waals surface area contributed by atoms with Gasteiger partial charge in [-0.3, -0.25) is 0 Å². The first-order chi connectivity index (χ1) is 9.67. The predicted molar refractivity (Wildman–Crippen MR) is 63.8 cm³/mol. The maximum Gasteiger partial charge on any atom is 0.227 e. The molecule has 0 unspecified atom stereocenters. The van der Waals surface area contributed by atoms with Gasteiger partial charge in [0.15, 0.2) is 18.0 Å². The molecule has 0 aromatic carbocycles. The van der Waals surface area contributed by atoms with E-state index in [1.807, 2.05) is 0 Å². The van der Waals surface area contributed by atoms with E-state index in [2.05, 4.69) is 15.1 Å². The molecule has 0 spiro atoms. The molecule has 0 radical (unpaired) electrons. The molecule has 8 nitrogen and oxygen atoms in total. The largest absolute Gasteiger partial charge is 0.480 e. The lowest BCUT2D eigenvalue weighted by Crippen LogP contribution is -2.30. The van der Waals surface area contributed by atoms with Gasteiger partial charge in [-0.15, -0.1) is 0 Å². The number of ether oxygens (including phenoxy) is 2. The lowest BCUT2D eigenvalue weighted by atomic mass is 10.1. The quantitative estimate of drug-likeness (QED) is 0.777. The molecule has 0 saturated carbocycles. The van der Waals surface area contributed by atoms with Crippen LogP contribution in [0.3, 0.4) is 0 Å². The number of aliphatic hydroxyl groups excluding tert-OH is 2. The van der Waals surface area contributed by atoms with E-state index < -0.39 is 31.2 Å². The highest BCUT2D eigenvalue weighted by Crippen LogP contribution is 2.33. The minimum absolute atomic E-state index is 0.314. The Morgan fingerprint density at radius 2 is 2.30 bits per heavy atom. The van der Waals surface area contributed by atoms with Crippen LogP contribution in [-0.4, -0.2) is 62.1 Å². The molecule has 2 aromatic heterocycles. The summed E-state index contributed by atoms with van der Waals surface area (Å²) in [6.45, 7) is -0.477. The first-order valence-corrected chi connectivity index (χ1v) is 5.98. The van der Waals surface area contributed by atoms with Crippen LogP contribution in [0.1, 0.15) is 6.23 Å². The van der Waals surface area contributed by atoms with Gasteiger partial charge < -0.3 is 19.7 Å². The number of hydrogen-bond donors (Lipinski definition) is 2. The summed E-state index contributed by atoms with van der Waals surface area (Å²) in [6.07, 6.45) is -2.56. The molecule has 1 saturated heterocycles. The molecule has 3 heterocycles. The third-order valence-electron chi connectivity index (χ3n) is 3.26. The van der Waals surface area contributed by atoms with Crippen molar-refractivity contribution >= 4 is 11.0 Å². The van der Waals surface area contributed by atoms with E-state index in [4.69, 9.17) is 14.6 Å². The predicted octanol–water partition coefficient (Wildman–Crippen LogP) is -0.576. The van der Waals surface area contributed by atoms with Gasteiger partial charge in [0.05, 0.1) is 19.9 Å². The molecule has 0 aliphatic carbocycles. The highest BCUT2D eigenvalue weighted by Gasteiger charge is 2.45. The fourth-order valence-corrected chi connectivity index (χ4v) is 2.24. The third kappa shape index (κ3) is 1.82. The van der Waals surface area contributed by atoms with Crippen molar-refractivity contribution in [3.05, 3.63) is 12.5 Å². The van der Waals surface area contributed by atoms with Gasteiger partial charge in [0.2, 0.25) is 5.88 Å². The SMILES string of the molecule is COc1ncnc2c1cnn2[C@H]1O[C@H](CO)[C@@H](O)[C@@H]1F. The first-order valence-electron chi connectivity index (χ1n) is 5.98. The number of aliphatic hydroxyl groups is 2. The zero-order valence-corrected chi connectivity index (χ0v) is 10.5. The van der Waals surface area contributed by atoms with Crippen molar-refractivity contribution < 1.29 is 24.1 Å². The van der Waals surface area contributed by atoms with Gasteiger partial charge in [-0.05, 0) is 0 Å². The van der Waals surface area contributed by atoms with Crippen LogP contribution in [0.25, 0.3) is 11.0 Å². The lowest BCUT2D eigenvalue weighted by Gasteiger charge is -2.14. The summed E-state index contributed by atoms with van der Waals surface area (Å²) in [4.78, 5) is 7.94. The molecule has 0 amide bonds. The standard InChI is InChI=1S/C11H13FN4O4/c1-19-10-5-2-15-16(9(5)13-4-14-10)11-7(12)8(18)6(3-17)20-11/h2,4,6-8,11,17-18H,3H2,1H3/t6-,7+,8-,11+/m1/s1. The van der Waals surface area contributed by atoms with Gasteiger partial charge in [0.1, 0.15) is 23.9 Å². The fourth-order valence-electron chi connectivity index (χ4n) is 2.24. The molecule has 108 valence electrons. The average Bonchev–Trinajstić information content (AvgIpc) is 3.01. The van der Waals surface area contributed by atoms with E-state index in [0.717, 1.165) is 0 Å². The summed E-state index contributed by atoms with van der Waals surface area (Å²) >= 11 is 0. The summed E-state index contributed by atoms with van der Waals surface area (Å²) in [7, 11) is 1.45. The van der Waals surface area contributed by atoms with E-state index in [9.17, 15) is 9.50 Å². The van der Waals surface area contributed by atoms with Crippen LogP contribution in [0.4, 0.5) is 4.39 Å². The van der Waals surface area contributed by atoms with E-state index in [0.29, 0.717) is 16.9 Å². The second kappa shape index (κ2) is 4.93. The van der Waals surface area contributed by atoms with Gasteiger partial charge in [-0.25, -0.2) is 19.0 Å². The molecule has 1 aliphatic rings. The summed E-state index contributed by atoms with van der Waals surface area (Å²) in [5.74, 6) is 0.314. The normalized spacial score (nSPS) is 30.0. The second-order valence-electron chi connectivity index (χ2n) is 4.39. The van der Waals surface area contributed by atoms with Crippen LogP contribution in [0.5, 0.6) is 5.88 Å². The van der Waals surface area contributed by atoms with Crippen molar-refractivity contribution in [1.82, 2.24) is 19.7 Å². The molecule has 2 N–H and O–H groups in total. The number of aromatic nitrogens is 4. The van der Waals surface area contributed by atoms with Gasteiger partial charge in [-0.1, -0.05) is 0 Å². The van der Waals surface area contributed by atoms with E-state index in [1.54, 1.807) is 0 Å². The Labute approximate surface area is 112 Å². The minimum Gasteiger partial charge on any atom is -0.480 e. The van der Waals surface area contributed by atoms with Crippen molar-refractivity contribution in [3.8, 4) is 5.88 Å². The van der Waals surface area contributed by atoms with Gasteiger partial charge in [0, 0.05) is 0 Å². The Morgan fingerprint density at radius 1 is 1.50 bits per heavy atom. The Morgan fingerprint density at radius 3 is 2.95 bits per heavy atom. The topological polar surface area (TPSA) is 103 Å². The Kier molecular flexibility index (Phi) is 3.24. The van der Waals surface area contributed by atoms with Crippen LogP contribution in [0.15, 0.2) is 12.5 Å². The highest BCUT2D eigenvalue weighted by atomic mass is 19.1. The van der Waals surface area contributed by atoms with Gasteiger partial charge in [0.25, 0.3) is 0 Å². The van der Waals surface area contributed by atoms with Crippen LogP contribution in [0.2, 0.25) is 0 Å². The Bertz CT molecular complexity index is 621. The van der Waals surface area contributed by atoms with Crippen molar-refractivity contribution in [1.29, 1.82) is 0 Å². The molecule has 4 atom stereocenters. The summed E-state index contributed by atoms with van der Waals surface area (Å²) in [6, 6.07) is 0. The number of rotatable bonds is 3. The number of alkyl halides is 1. The number of fused-ring (bicyclic) bond motifs is 1. The molecule has 1 fully saturated rings. The number of halogens is 1. The summed E-state index contributed by atoms with van der Waals surface area (Å²) in [5.41, 5.74) is 0.329. The molecule has 2 aromatic rings. The molecular formula is C11H13FN4O4. The molecule has 0 bridgehead atoms. The molecule has 9 heteroatoms. The van der Waals surface area contributed by atoms with Crippen LogP contribution in [-0.2, 0) is 4.74 Å². The van der Waals surface area contributed by atoms with Crippen molar-refractivity contribution in [2.24, 2.45) is 0 Å². The lowest BCUT2D eigenvalue weighted by molar-refractivity contribution is -0.0505. The summed E-state index contributed by atoms with van der Waals surface area (Å²) in [5, 5.41) is 23.2. The molecular weight excluding hydrogens is 271 g/mol. The zero-order chi connectivity index (χ0) is 14.3. The maximum atomic E-state index is 14.1. The smallest absolute Gasteiger partial charge is 0.227 e. The van der Waals surface area contributed by atoms with Crippen molar-refractivity contribution in [2.75, 3.05) is 13.7 Å². The molecule has 3 rings (SSSR count). The highest BCUT2D eigenvalue weighted by molar-refractivity contribution is 5.79.